The molecule has 2 N–H and O–H groups in total. The fourth-order valence-corrected chi connectivity index (χ4v) is 4.67. The Bertz CT molecular complexity index is 1260. The number of carbonyl (C=O) groups excluding carboxylic acids is 1. The van der Waals surface area contributed by atoms with Crippen molar-refractivity contribution in [2.75, 3.05) is 11.9 Å². The van der Waals surface area contributed by atoms with Crippen LogP contribution in [-0.2, 0) is 6.18 Å². The van der Waals surface area contributed by atoms with Crippen LogP contribution in [-0.4, -0.2) is 38.0 Å². The Labute approximate surface area is 214 Å². The molecule has 7 nitrogen and oxygen atoms in total. The molecule has 0 atom stereocenters. The van der Waals surface area contributed by atoms with Gasteiger partial charge < -0.3 is 15.2 Å². The van der Waals surface area contributed by atoms with Crippen LogP contribution in [0.2, 0.25) is 0 Å². The summed E-state index contributed by atoms with van der Waals surface area (Å²) in [6, 6.07) is 6.79. The number of aromatic nitrogens is 3. The van der Waals surface area contributed by atoms with Gasteiger partial charge in [-0.1, -0.05) is 19.9 Å². The minimum absolute atomic E-state index is 0.0664. The predicted octanol–water partition coefficient (Wildman–Crippen LogP) is 6.24. The molecule has 0 spiro atoms. The molecule has 1 fully saturated rings. The molecule has 1 aromatic carbocycles. The zero-order chi connectivity index (χ0) is 27.0. The zero-order valence-electron chi connectivity index (χ0n) is 21.5. The molecule has 1 aliphatic rings. The molecule has 1 saturated carbocycles. The quantitative estimate of drug-likeness (QED) is 0.387. The Hall–Kier alpha value is -3.14. The molecule has 1 amide bonds. The molecule has 0 radical (unpaired) electrons. The average Bonchev–Trinajstić information content (AvgIpc) is 3.24. The predicted molar refractivity (Wildman–Crippen MR) is 135 cm³/mol. The normalized spacial score (nSPS) is 18.8. The summed E-state index contributed by atoms with van der Waals surface area (Å²) in [6.07, 6.45) is 1.60. The Morgan fingerprint density at radius 1 is 1.19 bits per heavy atom. The monoisotopic (exact) mass is 518 g/mol. The summed E-state index contributed by atoms with van der Waals surface area (Å²) in [4.78, 5) is 16.3. The SMILES string of the molecule is CC(C)C1CCC(n2cc3cc(NC(=O)c4cccc(C(F)(F)F)n4)c(OCC(C)(C)O)cc3n2)CC1. The van der Waals surface area contributed by atoms with Crippen molar-refractivity contribution in [3.8, 4) is 5.75 Å². The molecule has 4 rings (SSSR count). The van der Waals surface area contributed by atoms with Gasteiger partial charge in [-0.3, -0.25) is 9.48 Å². The first-order valence-electron chi connectivity index (χ1n) is 12.5. The van der Waals surface area contributed by atoms with Gasteiger partial charge in [-0.25, -0.2) is 4.98 Å². The average molecular weight is 519 g/mol. The molecule has 10 heteroatoms. The number of benzene rings is 1. The van der Waals surface area contributed by atoms with E-state index in [0.717, 1.165) is 43.2 Å². The van der Waals surface area contributed by atoms with Crippen molar-refractivity contribution in [1.29, 1.82) is 0 Å². The molecular weight excluding hydrogens is 485 g/mol. The molecule has 0 unspecified atom stereocenters. The number of nitrogens with one attached hydrogen (secondary N) is 1. The number of aliphatic hydroxyl groups is 1. The van der Waals surface area contributed by atoms with Crippen LogP contribution in [0.25, 0.3) is 10.9 Å². The molecular formula is C27H33F3N4O3. The van der Waals surface area contributed by atoms with E-state index in [0.29, 0.717) is 17.4 Å². The summed E-state index contributed by atoms with van der Waals surface area (Å²) < 4.78 is 47.0. The van der Waals surface area contributed by atoms with Crippen LogP contribution in [0.3, 0.4) is 0 Å². The van der Waals surface area contributed by atoms with Gasteiger partial charge in [0.1, 0.15) is 23.7 Å². The number of hydrogen-bond donors (Lipinski definition) is 2. The summed E-state index contributed by atoms with van der Waals surface area (Å²) in [5, 5.41) is 18.3. The fourth-order valence-electron chi connectivity index (χ4n) is 4.67. The molecule has 2 aromatic heterocycles. The first-order valence-corrected chi connectivity index (χ1v) is 12.5. The number of alkyl halides is 3. The lowest BCUT2D eigenvalue weighted by molar-refractivity contribution is -0.141. The number of rotatable bonds is 7. The van der Waals surface area contributed by atoms with E-state index in [1.54, 1.807) is 26.0 Å². The maximum atomic E-state index is 13.1. The lowest BCUT2D eigenvalue weighted by Crippen LogP contribution is -2.28. The minimum atomic E-state index is -4.67. The van der Waals surface area contributed by atoms with Crippen LogP contribution >= 0.6 is 0 Å². The van der Waals surface area contributed by atoms with Gasteiger partial charge in [0.25, 0.3) is 5.91 Å². The van der Waals surface area contributed by atoms with Crippen LogP contribution in [0.4, 0.5) is 18.9 Å². The zero-order valence-corrected chi connectivity index (χ0v) is 21.5. The molecule has 200 valence electrons. The van der Waals surface area contributed by atoms with Gasteiger partial charge in [0.2, 0.25) is 0 Å². The van der Waals surface area contributed by atoms with Crippen molar-refractivity contribution in [3.63, 3.8) is 0 Å². The van der Waals surface area contributed by atoms with Gasteiger partial charge in [-0.05, 0) is 69.6 Å². The van der Waals surface area contributed by atoms with E-state index in [4.69, 9.17) is 9.84 Å². The topological polar surface area (TPSA) is 89.3 Å². The Morgan fingerprint density at radius 2 is 1.89 bits per heavy atom. The van der Waals surface area contributed by atoms with Crippen molar-refractivity contribution in [1.82, 2.24) is 14.8 Å². The van der Waals surface area contributed by atoms with Crippen LogP contribution in [0.5, 0.6) is 5.75 Å². The van der Waals surface area contributed by atoms with Gasteiger partial charge in [-0.15, -0.1) is 0 Å². The molecule has 37 heavy (non-hydrogen) atoms. The second-order valence-electron chi connectivity index (χ2n) is 10.8. The third-order valence-electron chi connectivity index (χ3n) is 6.78. The van der Waals surface area contributed by atoms with E-state index in [1.165, 1.54) is 6.07 Å². The Balaban J connectivity index is 1.62. The summed E-state index contributed by atoms with van der Waals surface area (Å²) in [6.45, 7) is 7.61. The van der Waals surface area contributed by atoms with E-state index in [1.807, 2.05) is 10.9 Å². The number of anilines is 1. The summed E-state index contributed by atoms with van der Waals surface area (Å²) in [7, 11) is 0. The van der Waals surface area contributed by atoms with Crippen LogP contribution in [0.15, 0.2) is 36.5 Å². The molecule has 0 aliphatic heterocycles. The van der Waals surface area contributed by atoms with Crippen molar-refractivity contribution in [3.05, 3.63) is 47.9 Å². The van der Waals surface area contributed by atoms with Crippen molar-refractivity contribution in [2.24, 2.45) is 11.8 Å². The highest BCUT2D eigenvalue weighted by atomic mass is 19.4. The van der Waals surface area contributed by atoms with E-state index in [9.17, 15) is 23.1 Å². The van der Waals surface area contributed by atoms with E-state index < -0.39 is 23.4 Å². The third-order valence-corrected chi connectivity index (χ3v) is 6.78. The summed E-state index contributed by atoms with van der Waals surface area (Å²) >= 11 is 0. The standard InChI is InChI=1S/C27H33F3N4O3/c1-16(2)17-8-10-19(11-9-17)34-14-18-12-22(23(13-21(18)33-34)37-15-26(3,4)36)32-25(35)20-6-5-7-24(31-20)27(28,29)30/h5-7,12-14,16-17,19,36H,8-11,15H2,1-4H3,(H,32,35). The second-order valence-corrected chi connectivity index (χ2v) is 10.8. The summed E-state index contributed by atoms with van der Waals surface area (Å²) in [5.41, 5.74) is -1.76. The van der Waals surface area contributed by atoms with E-state index in [-0.39, 0.29) is 29.8 Å². The maximum absolute atomic E-state index is 13.1. The molecule has 2 heterocycles. The van der Waals surface area contributed by atoms with Crippen molar-refractivity contribution < 1.29 is 27.8 Å². The van der Waals surface area contributed by atoms with Crippen molar-refractivity contribution >= 4 is 22.5 Å². The number of ether oxygens (including phenoxy) is 1. The number of halogens is 3. The minimum Gasteiger partial charge on any atom is -0.488 e. The van der Waals surface area contributed by atoms with Gasteiger partial charge in [0.05, 0.1) is 22.8 Å². The van der Waals surface area contributed by atoms with E-state index >= 15 is 0 Å². The number of pyridine rings is 1. The van der Waals surface area contributed by atoms with Gasteiger partial charge in [0.15, 0.2) is 0 Å². The van der Waals surface area contributed by atoms with Gasteiger partial charge in [-0.2, -0.15) is 18.3 Å². The number of carbonyl (C=O) groups is 1. The highest BCUT2D eigenvalue weighted by Crippen LogP contribution is 2.37. The van der Waals surface area contributed by atoms with E-state index in [2.05, 4.69) is 24.1 Å². The number of nitrogens with zero attached hydrogens (tertiary/aromatic N) is 3. The Kier molecular flexibility index (Phi) is 7.50. The molecule has 3 aromatic rings. The third kappa shape index (κ3) is 6.60. The lowest BCUT2D eigenvalue weighted by atomic mass is 9.80. The second kappa shape index (κ2) is 10.3. The first kappa shape index (κ1) is 26.9. The highest BCUT2D eigenvalue weighted by molar-refractivity contribution is 6.05. The van der Waals surface area contributed by atoms with Gasteiger partial charge in [0, 0.05) is 17.6 Å². The largest absolute Gasteiger partial charge is 0.488 e. The first-order chi connectivity index (χ1) is 17.3. The fraction of sp³-hybridized carbons (Fsp3) is 0.519. The summed E-state index contributed by atoms with van der Waals surface area (Å²) in [5.74, 6) is 0.821. The van der Waals surface area contributed by atoms with Crippen LogP contribution in [0.1, 0.15) is 75.6 Å². The number of hydrogen-bond acceptors (Lipinski definition) is 5. The van der Waals surface area contributed by atoms with Crippen LogP contribution in [0, 0.1) is 11.8 Å². The number of amides is 1. The molecule has 0 bridgehead atoms. The smallest absolute Gasteiger partial charge is 0.433 e. The molecule has 0 saturated heterocycles. The lowest BCUT2D eigenvalue weighted by Gasteiger charge is -2.30. The van der Waals surface area contributed by atoms with Gasteiger partial charge >= 0.3 is 6.18 Å². The van der Waals surface area contributed by atoms with Crippen molar-refractivity contribution in [2.45, 2.75) is 71.2 Å². The highest BCUT2D eigenvalue weighted by Gasteiger charge is 2.33. The number of fused-ring (bicyclic) bond motifs is 1. The Morgan fingerprint density at radius 3 is 2.51 bits per heavy atom. The molecule has 1 aliphatic carbocycles. The van der Waals surface area contributed by atoms with Crippen LogP contribution < -0.4 is 10.1 Å². The maximum Gasteiger partial charge on any atom is 0.433 e.